The summed E-state index contributed by atoms with van der Waals surface area (Å²) >= 11 is 0. The second-order valence-corrected chi connectivity index (χ2v) is 3.76. The first-order valence-electron chi connectivity index (χ1n) is 5.85. The first kappa shape index (κ1) is 15.2. The van der Waals surface area contributed by atoms with E-state index >= 15 is 0 Å². The highest BCUT2D eigenvalue weighted by Gasteiger charge is 2.03. The van der Waals surface area contributed by atoms with Gasteiger partial charge in [-0.15, -0.1) is 0 Å². The van der Waals surface area contributed by atoms with Crippen molar-refractivity contribution < 1.29 is 4.79 Å². The fraction of sp³-hybridized carbons (Fsp3) is 0.154. The number of hydrogen-bond donors (Lipinski definition) is 4. The summed E-state index contributed by atoms with van der Waals surface area (Å²) in [6.45, 7) is 0. The molecule has 1 aromatic rings. The summed E-state index contributed by atoms with van der Waals surface area (Å²) in [5.41, 5.74) is 13.5. The van der Waals surface area contributed by atoms with Crippen molar-refractivity contribution in [2.45, 2.75) is 0 Å². The van der Waals surface area contributed by atoms with E-state index in [0.29, 0.717) is 12.2 Å². The monoisotopic (exact) mass is 274 g/mol. The van der Waals surface area contributed by atoms with Crippen molar-refractivity contribution in [3.05, 3.63) is 29.8 Å². The van der Waals surface area contributed by atoms with Gasteiger partial charge in [0.15, 0.2) is 11.9 Å². The lowest BCUT2D eigenvalue weighted by Crippen LogP contribution is -2.23. The van der Waals surface area contributed by atoms with Crippen LogP contribution in [0.15, 0.2) is 34.3 Å². The van der Waals surface area contributed by atoms with E-state index in [1.54, 1.807) is 26.2 Å². The fourth-order valence-electron chi connectivity index (χ4n) is 1.43. The quantitative estimate of drug-likeness (QED) is 0.278. The van der Waals surface area contributed by atoms with Crippen LogP contribution < -0.4 is 22.1 Å². The number of anilines is 2. The average Bonchev–Trinajstić information content (AvgIpc) is 2.46. The SMILES string of the molecule is CN=C(N)Nc1ccc(NC(N)=NC)c(/C=C/C=O)c1. The van der Waals surface area contributed by atoms with Crippen molar-refractivity contribution in [1.29, 1.82) is 0 Å². The van der Waals surface area contributed by atoms with Crippen LogP contribution in [0.1, 0.15) is 5.56 Å². The molecule has 0 bridgehead atoms. The molecule has 0 spiro atoms. The van der Waals surface area contributed by atoms with Gasteiger partial charge in [-0.2, -0.15) is 0 Å². The molecule has 0 radical (unpaired) electrons. The van der Waals surface area contributed by atoms with Gasteiger partial charge in [-0.25, -0.2) is 0 Å². The Morgan fingerprint density at radius 1 is 1.15 bits per heavy atom. The first-order chi connectivity index (χ1) is 9.60. The van der Waals surface area contributed by atoms with Crippen LogP contribution in [0.3, 0.4) is 0 Å². The van der Waals surface area contributed by atoms with Gasteiger partial charge in [0.1, 0.15) is 6.29 Å². The number of aliphatic imine (C=N–C) groups is 2. The second kappa shape index (κ2) is 7.57. The predicted octanol–water partition coefficient (Wildman–Crippen LogP) is 0.611. The van der Waals surface area contributed by atoms with Crippen LogP contribution in [-0.4, -0.2) is 32.3 Å². The van der Waals surface area contributed by atoms with E-state index in [1.807, 2.05) is 12.1 Å². The smallest absolute Gasteiger partial charge is 0.192 e. The van der Waals surface area contributed by atoms with Gasteiger partial charge in [-0.05, 0) is 30.4 Å². The van der Waals surface area contributed by atoms with Crippen LogP contribution in [0, 0.1) is 0 Å². The van der Waals surface area contributed by atoms with Gasteiger partial charge < -0.3 is 22.1 Å². The van der Waals surface area contributed by atoms with Crippen LogP contribution >= 0.6 is 0 Å². The van der Waals surface area contributed by atoms with Gasteiger partial charge in [0, 0.05) is 31.0 Å². The number of rotatable bonds is 4. The highest BCUT2D eigenvalue weighted by Crippen LogP contribution is 2.22. The third-order valence-electron chi connectivity index (χ3n) is 2.42. The lowest BCUT2D eigenvalue weighted by molar-refractivity contribution is -0.104. The van der Waals surface area contributed by atoms with Crippen LogP contribution in [0.4, 0.5) is 11.4 Å². The van der Waals surface area contributed by atoms with Gasteiger partial charge in [0.25, 0.3) is 0 Å². The van der Waals surface area contributed by atoms with E-state index in [4.69, 9.17) is 11.5 Å². The maximum atomic E-state index is 10.5. The number of carbonyl (C=O) groups is 1. The molecule has 0 saturated carbocycles. The van der Waals surface area contributed by atoms with Gasteiger partial charge in [-0.3, -0.25) is 14.8 Å². The van der Waals surface area contributed by atoms with Crippen molar-refractivity contribution in [3.8, 4) is 0 Å². The number of hydrogen-bond acceptors (Lipinski definition) is 3. The minimum absolute atomic E-state index is 0.279. The molecule has 1 rings (SSSR count). The first-order valence-corrected chi connectivity index (χ1v) is 5.85. The molecule has 0 aromatic heterocycles. The minimum Gasteiger partial charge on any atom is -0.370 e. The Bertz CT molecular complexity index is 562. The number of carbonyl (C=O) groups excluding carboxylic acids is 1. The number of allylic oxidation sites excluding steroid dienone is 1. The molecular weight excluding hydrogens is 256 g/mol. The van der Waals surface area contributed by atoms with E-state index in [0.717, 1.165) is 16.9 Å². The fourth-order valence-corrected chi connectivity index (χ4v) is 1.43. The van der Waals surface area contributed by atoms with Crippen molar-refractivity contribution in [2.75, 3.05) is 24.7 Å². The molecule has 20 heavy (non-hydrogen) atoms. The highest BCUT2D eigenvalue weighted by molar-refractivity contribution is 5.97. The predicted molar refractivity (Wildman–Crippen MR) is 83.9 cm³/mol. The molecule has 0 unspecified atom stereocenters. The topological polar surface area (TPSA) is 118 Å². The zero-order chi connectivity index (χ0) is 15.0. The highest BCUT2D eigenvalue weighted by atomic mass is 16.1. The molecule has 0 aliphatic carbocycles. The Hall–Kier alpha value is -2.83. The summed E-state index contributed by atoms with van der Waals surface area (Å²) in [4.78, 5) is 18.1. The maximum Gasteiger partial charge on any atom is 0.192 e. The average molecular weight is 274 g/mol. The Labute approximate surface area is 117 Å². The maximum absolute atomic E-state index is 10.5. The molecule has 0 amide bonds. The summed E-state index contributed by atoms with van der Waals surface area (Å²) in [6.07, 6.45) is 3.74. The third kappa shape index (κ3) is 4.45. The van der Waals surface area contributed by atoms with E-state index in [1.165, 1.54) is 6.08 Å². The van der Waals surface area contributed by atoms with Crippen LogP contribution in [0.5, 0.6) is 0 Å². The summed E-state index contributed by atoms with van der Waals surface area (Å²) in [5, 5.41) is 5.85. The number of nitrogens with one attached hydrogen (secondary N) is 2. The van der Waals surface area contributed by atoms with Crippen LogP contribution in [0.25, 0.3) is 6.08 Å². The molecule has 0 fully saturated rings. The van der Waals surface area contributed by atoms with E-state index in [-0.39, 0.29) is 5.96 Å². The molecule has 7 nitrogen and oxygen atoms in total. The Kier molecular flexibility index (Phi) is 5.76. The van der Waals surface area contributed by atoms with Gasteiger partial charge in [-0.1, -0.05) is 0 Å². The van der Waals surface area contributed by atoms with Crippen molar-refractivity contribution in [3.63, 3.8) is 0 Å². The molecule has 0 saturated heterocycles. The molecular formula is C13H18N6O. The van der Waals surface area contributed by atoms with E-state index < -0.39 is 0 Å². The molecule has 0 atom stereocenters. The van der Waals surface area contributed by atoms with Gasteiger partial charge in [0.05, 0.1) is 0 Å². The molecule has 7 heteroatoms. The van der Waals surface area contributed by atoms with Gasteiger partial charge >= 0.3 is 0 Å². The van der Waals surface area contributed by atoms with Crippen molar-refractivity contribution in [1.82, 2.24) is 0 Å². The normalized spacial score (nSPS) is 12.5. The summed E-state index contributed by atoms with van der Waals surface area (Å²) in [5.74, 6) is 0.576. The van der Waals surface area contributed by atoms with Crippen LogP contribution in [-0.2, 0) is 4.79 Å². The number of aldehydes is 1. The number of guanidine groups is 2. The van der Waals surface area contributed by atoms with Gasteiger partial charge in [0.2, 0.25) is 0 Å². The molecule has 1 aromatic carbocycles. The molecule has 0 aliphatic rings. The largest absolute Gasteiger partial charge is 0.370 e. The summed E-state index contributed by atoms with van der Waals surface area (Å²) in [7, 11) is 3.17. The summed E-state index contributed by atoms with van der Waals surface area (Å²) in [6, 6.07) is 5.42. The number of nitrogens with zero attached hydrogens (tertiary/aromatic N) is 2. The standard InChI is InChI=1S/C13H18N6O/c1-16-12(14)18-10-5-6-11(19-13(15)17-2)9(8-10)4-3-7-20/h3-8H,1-2H3,(H3,14,16,18)(H3,15,17,19)/b4-3+. The minimum atomic E-state index is 0.279. The molecule has 0 heterocycles. The van der Waals surface area contributed by atoms with E-state index in [9.17, 15) is 4.79 Å². The Balaban J connectivity index is 3.12. The molecule has 0 aliphatic heterocycles. The zero-order valence-corrected chi connectivity index (χ0v) is 11.4. The zero-order valence-electron chi connectivity index (χ0n) is 11.4. The number of benzene rings is 1. The third-order valence-corrected chi connectivity index (χ3v) is 2.42. The Morgan fingerprint density at radius 3 is 2.40 bits per heavy atom. The van der Waals surface area contributed by atoms with Crippen molar-refractivity contribution in [2.24, 2.45) is 21.5 Å². The lowest BCUT2D eigenvalue weighted by Gasteiger charge is -2.11. The van der Waals surface area contributed by atoms with E-state index in [2.05, 4.69) is 20.6 Å². The Morgan fingerprint density at radius 2 is 1.80 bits per heavy atom. The molecule has 6 N–H and O–H groups in total. The second-order valence-electron chi connectivity index (χ2n) is 3.76. The lowest BCUT2D eigenvalue weighted by atomic mass is 10.1. The number of nitrogens with two attached hydrogens (primary N) is 2. The van der Waals surface area contributed by atoms with Crippen molar-refractivity contribution >= 4 is 35.7 Å². The summed E-state index contributed by atoms with van der Waals surface area (Å²) < 4.78 is 0. The van der Waals surface area contributed by atoms with Crippen LogP contribution in [0.2, 0.25) is 0 Å². The molecule has 106 valence electrons.